The third kappa shape index (κ3) is 5.00. The van der Waals surface area contributed by atoms with Gasteiger partial charge in [-0.25, -0.2) is 10.2 Å². The monoisotopic (exact) mass is 340 g/mol. The number of aromatic hydroxyl groups is 1. The number of benzene rings is 2. The summed E-state index contributed by atoms with van der Waals surface area (Å²) in [5.74, 6) is -1.72. The average Bonchev–Trinajstić information content (AvgIpc) is 2.65. The maximum Gasteiger partial charge on any atom is 0.354 e. The minimum Gasteiger partial charge on any atom is -0.508 e. The van der Waals surface area contributed by atoms with Crippen molar-refractivity contribution in [2.75, 3.05) is 7.11 Å². The third-order valence-corrected chi connectivity index (χ3v) is 3.27. The molecular weight excluding hydrogens is 324 g/mol. The Morgan fingerprint density at radius 3 is 2.24 bits per heavy atom. The Labute approximate surface area is 143 Å². The molecule has 7 heteroatoms. The number of carbonyl (C=O) groups excluding carboxylic acids is 3. The lowest BCUT2D eigenvalue weighted by Gasteiger charge is -2.06. The van der Waals surface area contributed by atoms with Crippen molar-refractivity contribution in [1.82, 2.24) is 5.43 Å². The number of phenolic OH excluding ortho intramolecular Hbond substituents is 1. The van der Waals surface area contributed by atoms with Crippen molar-refractivity contribution in [3.63, 3.8) is 0 Å². The second kappa shape index (κ2) is 8.39. The number of ketones is 1. The van der Waals surface area contributed by atoms with E-state index >= 15 is 0 Å². The molecule has 128 valence electrons. The van der Waals surface area contributed by atoms with Crippen LogP contribution in [0.4, 0.5) is 0 Å². The van der Waals surface area contributed by atoms with Gasteiger partial charge in [0.15, 0.2) is 11.5 Å². The van der Waals surface area contributed by atoms with Gasteiger partial charge in [0.05, 0.1) is 13.5 Å². The zero-order valence-electron chi connectivity index (χ0n) is 13.4. The summed E-state index contributed by atoms with van der Waals surface area (Å²) in [5, 5.41) is 13.0. The average molecular weight is 340 g/mol. The van der Waals surface area contributed by atoms with Crippen LogP contribution >= 0.6 is 0 Å². The van der Waals surface area contributed by atoms with Gasteiger partial charge in [-0.05, 0) is 36.4 Å². The highest BCUT2D eigenvalue weighted by Crippen LogP contribution is 2.12. The maximum absolute atomic E-state index is 12.2. The first kappa shape index (κ1) is 17.9. The normalized spacial score (nSPS) is 10.8. The lowest BCUT2D eigenvalue weighted by molar-refractivity contribution is -0.132. The largest absolute Gasteiger partial charge is 0.508 e. The SMILES string of the molecule is COC(=O)C(CC(=O)c1ccc(O)cc1)=NNC(=O)c1ccccc1. The number of esters is 1. The number of carbonyl (C=O) groups is 3. The van der Waals surface area contributed by atoms with E-state index in [1.165, 1.54) is 24.3 Å². The van der Waals surface area contributed by atoms with Crippen LogP contribution in [0.1, 0.15) is 27.1 Å². The van der Waals surface area contributed by atoms with Gasteiger partial charge in [-0.3, -0.25) is 9.59 Å². The molecule has 2 rings (SSSR count). The Balaban J connectivity index is 2.12. The molecule has 0 spiro atoms. The second-order valence-electron chi connectivity index (χ2n) is 5.00. The zero-order valence-corrected chi connectivity index (χ0v) is 13.4. The van der Waals surface area contributed by atoms with Gasteiger partial charge in [0.2, 0.25) is 0 Å². The summed E-state index contributed by atoms with van der Waals surface area (Å²) in [6.07, 6.45) is -0.355. The number of nitrogens with zero attached hydrogens (tertiary/aromatic N) is 1. The summed E-state index contributed by atoms with van der Waals surface area (Å²) in [6.45, 7) is 0. The molecule has 0 bridgehead atoms. The first-order chi connectivity index (χ1) is 12.0. The van der Waals surface area contributed by atoms with Gasteiger partial charge < -0.3 is 9.84 Å². The Morgan fingerprint density at radius 1 is 1.00 bits per heavy atom. The van der Waals surface area contributed by atoms with Crippen LogP contribution in [0.25, 0.3) is 0 Å². The summed E-state index contributed by atoms with van der Waals surface area (Å²) in [7, 11) is 1.15. The van der Waals surface area contributed by atoms with Crippen LogP contribution in [0.3, 0.4) is 0 Å². The molecule has 0 heterocycles. The van der Waals surface area contributed by atoms with Crippen LogP contribution in [-0.2, 0) is 9.53 Å². The lowest BCUT2D eigenvalue weighted by Crippen LogP contribution is -2.26. The molecule has 0 atom stereocenters. The van der Waals surface area contributed by atoms with Crippen molar-refractivity contribution in [3.05, 3.63) is 65.7 Å². The molecule has 1 amide bonds. The maximum atomic E-state index is 12.2. The van der Waals surface area contributed by atoms with Crippen molar-refractivity contribution in [3.8, 4) is 5.75 Å². The van der Waals surface area contributed by atoms with Crippen molar-refractivity contribution in [2.45, 2.75) is 6.42 Å². The van der Waals surface area contributed by atoms with Gasteiger partial charge in [0.25, 0.3) is 5.91 Å². The summed E-state index contributed by atoms with van der Waals surface area (Å²) in [4.78, 5) is 36.0. The molecule has 0 saturated carbocycles. The smallest absolute Gasteiger partial charge is 0.354 e. The minimum atomic E-state index is -0.819. The van der Waals surface area contributed by atoms with Crippen LogP contribution in [0.5, 0.6) is 5.75 Å². The Hall–Kier alpha value is -3.48. The molecule has 2 N–H and O–H groups in total. The fraction of sp³-hybridized carbons (Fsp3) is 0.111. The van der Waals surface area contributed by atoms with Crippen molar-refractivity contribution in [1.29, 1.82) is 0 Å². The third-order valence-electron chi connectivity index (χ3n) is 3.27. The van der Waals surface area contributed by atoms with Crippen molar-refractivity contribution < 1.29 is 24.2 Å². The highest BCUT2D eigenvalue weighted by molar-refractivity contribution is 6.40. The number of hydrazone groups is 1. The molecule has 25 heavy (non-hydrogen) atoms. The standard InChI is InChI=1S/C18H16N2O5/c1-25-18(24)15(11-16(22)12-7-9-14(21)10-8-12)19-20-17(23)13-5-3-2-4-6-13/h2-10,21H,11H2,1H3,(H,20,23). The zero-order chi connectivity index (χ0) is 18.2. The predicted molar refractivity (Wildman–Crippen MR) is 90.4 cm³/mol. The van der Waals surface area contributed by atoms with E-state index < -0.39 is 17.7 Å². The molecule has 2 aromatic rings. The molecule has 0 fully saturated rings. The summed E-state index contributed by atoms with van der Waals surface area (Å²) < 4.78 is 4.59. The molecule has 0 aromatic heterocycles. The molecule has 2 aromatic carbocycles. The highest BCUT2D eigenvalue weighted by Gasteiger charge is 2.18. The summed E-state index contributed by atoms with van der Waals surface area (Å²) >= 11 is 0. The van der Waals surface area contributed by atoms with Crippen LogP contribution in [0.15, 0.2) is 59.7 Å². The summed E-state index contributed by atoms with van der Waals surface area (Å²) in [5.41, 5.74) is 2.66. The lowest BCUT2D eigenvalue weighted by atomic mass is 10.1. The highest BCUT2D eigenvalue weighted by atomic mass is 16.5. The Morgan fingerprint density at radius 2 is 1.64 bits per heavy atom. The van der Waals surface area contributed by atoms with Crippen molar-refractivity contribution >= 4 is 23.4 Å². The molecule has 0 saturated heterocycles. The van der Waals surface area contributed by atoms with Gasteiger partial charge in [-0.15, -0.1) is 0 Å². The van der Waals surface area contributed by atoms with E-state index in [2.05, 4.69) is 15.3 Å². The van der Waals surface area contributed by atoms with E-state index in [-0.39, 0.29) is 17.9 Å². The number of Topliss-reactive ketones (excluding diaryl/α,β-unsaturated/α-hetero) is 1. The number of phenols is 1. The molecule has 0 unspecified atom stereocenters. The van der Waals surface area contributed by atoms with E-state index in [0.717, 1.165) is 7.11 Å². The van der Waals surface area contributed by atoms with Crippen LogP contribution < -0.4 is 5.43 Å². The van der Waals surface area contributed by atoms with E-state index in [9.17, 15) is 19.5 Å². The topological polar surface area (TPSA) is 105 Å². The van der Waals surface area contributed by atoms with E-state index in [1.807, 2.05) is 0 Å². The Bertz CT molecular complexity index is 798. The molecule has 0 aliphatic rings. The van der Waals surface area contributed by atoms with E-state index in [4.69, 9.17) is 0 Å². The van der Waals surface area contributed by atoms with Crippen LogP contribution in [-0.4, -0.2) is 35.6 Å². The number of ether oxygens (including phenoxy) is 1. The van der Waals surface area contributed by atoms with E-state index in [0.29, 0.717) is 11.1 Å². The van der Waals surface area contributed by atoms with Crippen LogP contribution in [0.2, 0.25) is 0 Å². The fourth-order valence-corrected chi connectivity index (χ4v) is 1.95. The van der Waals surface area contributed by atoms with E-state index in [1.54, 1.807) is 30.3 Å². The minimum absolute atomic E-state index is 0.0218. The number of nitrogens with one attached hydrogen (secondary N) is 1. The molecular formula is C18H16N2O5. The summed E-state index contributed by atoms with van der Waals surface area (Å²) in [6, 6.07) is 13.9. The van der Waals surface area contributed by atoms with Crippen LogP contribution in [0, 0.1) is 0 Å². The molecule has 7 nitrogen and oxygen atoms in total. The number of hydrogen-bond donors (Lipinski definition) is 2. The number of amides is 1. The molecule has 0 aliphatic heterocycles. The number of hydrogen-bond acceptors (Lipinski definition) is 6. The number of methoxy groups -OCH3 is 1. The molecule has 0 aliphatic carbocycles. The van der Waals surface area contributed by atoms with Gasteiger partial charge in [-0.1, -0.05) is 18.2 Å². The van der Waals surface area contributed by atoms with Crippen molar-refractivity contribution in [2.24, 2.45) is 5.10 Å². The predicted octanol–water partition coefficient (Wildman–Crippen LogP) is 1.92. The van der Waals surface area contributed by atoms with Gasteiger partial charge >= 0.3 is 5.97 Å². The Kier molecular flexibility index (Phi) is 6.00. The van der Waals surface area contributed by atoms with Gasteiger partial charge in [0.1, 0.15) is 5.75 Å². The molecule has 0 radical (unpaired) electrons. The van der Waals surface area contributed by atoms with Gasteiger partial charge in [0, 0.05) is 11.1 Å². The number of rotatable bonds is 6. The fourth-order valence-electron chi connectivity index (χ4n) is 1.95. The second-order valence-corrected chi connectivity index (χ2v) is 5.00. The quantitative estimate of drug-likeness (QED) is 0.362. The van der Waals surface area contributed by atoms with Gasteiger partial charge in [-0.2, -0.15) is 5.10 Å². The first-order valence-corrected chi connectivity index (χ1v) is 7.33. The first-order valence-electron chi connectivity index (χ1n) is 7.33.